The van der Waals surface area contributed by atoms with Crippen molar-refractivity contribution in [3.05, 3.63) is 0 Å². The quantitative estimate of drug-likeness (QED) is 0.662. The van der Waals surface area contributed by atoms with Gasteiger partial charge in [-0.15, -0.1) is 0 Å². The molecule has 0 aromatic carbocycles. The normalized spacial score (nSPS) is 18.9. The molecule has 0 radical (unpaired) electrons. The Kier molecular flexibility index (Phi) is 3.44. The third kappa shape index (κ3) is 2.70. The van der Waals surface area contributed by atoms with E-state index in [1.54, 1.807) is 0 Å². The Bertz CT molecular complexity index is 166. The van der Waals surface area contributed by atoms with Crippen molar-refractivity contribution in [1.29, 1.82) is 0 Å². The maximum Gasteiger partial charge on any atom is 0.235 e. The second kappa shape index (κ2) is 4.17. The summed E-state index contributed by atoms with van der Waals surface area (Å²) < 4.78 is 0. The second-order valence-corrected chi connectivity index (χ2v) is 4.27. The number of rotatable bonds is 4. The van der Waals surface area contributed by atoms with Gasteiger partial charge in [-0.3, -0.25) is 4.79 Å². The molecular weight excluding hydrogens is 170 g/mol. The minimum Gasteiger partial charge on any atom is -0.342 e. The van der Waals surface area contributed by atoms with Crippen LogP contribution in [0.25, 0.3) is 0 Å². The van der Waals surface area contributed by atoms with Crippen molar-refractivity contribution in [2.45, 2.75) is 31.9 Å². The Labute approximate surface area is 79.7 Å². The van der Waals surface area contributed by atoms with Crippen LogP contribution >= 0.6 is 12.6 Å². The van der Waals surface area contributed by atoms with E-state index in [0.29, 0.717) is 0 Å². The summed E-state index contributed by atoms with van der Waals surface area (Å²) in [7, 11) is 0. The Morgan fingerprint density at radius 3 is 2.58 bits per heavy atom. The number of nitrogens with zero attached hydrogens (tertiary/aromatic N) is 1. The molecule has 2 nitrogen and oxygen atoms in total. The van der Waals surface area contributed by atoms with Crippen LogP contribution in [-0.4, -0.2) is 29.1 Å². The molecule has 0 N–H and O–H groups in total. The van der Waals surface area contributed by atoms with Gasteiger partial charge in [0.2, 0.25) is 5.91 Å². The lowest BCUT2D eigenvalue weighted by molar-refractivity contribution is -0.130. The predicted molar refractivity (Wildman–Crippen MR) is 53.4 cm³/mol. The van der Waals surface area contributed by atoms with Gasteiger partial charge >= 0.3 is 0 Å². The summed E-state index contributed by atoms with van der Waals surface area (Å²) in [6.07, 6.45) is 2.59. The van der Waals surface area contributed by atoms with Gasteiger partial charge in [0.25, 0.3) is 0 Å². The minimum absolute atomic E-state index is 0.149. The van der Waals surface area contributed by atoms with Gasteiger partial charge in [0.1, 0.15) is 0 Å². The number of hydrogen-bond acceptors (Lipinski definition) is 2. The zero-order valence-electron chi connectivity index (χ0n) is 7.79. The van der Waals surface area contributed by atoms with E-state index in [2.05, 4.69) is 12.6 Å². The Morgan fingerprint density at radius 1 is 1.67 bits per heavy atom. The highest BCUT2D eigenvalue weighted by Crippen LogP contribution is 2.29. The van der Waals surface area contributed by atoms with Crippen LogP contribution in [0, 0.1) is 5.92 Å². The third-order valence-electron chi connectivity index (χ3n) is 2.23. The number of thiol groups is 1. The van der Waals surface area contributed by atoms with E-state index in [4.69, 9.17) is 0 Å². The van der Waals surface area contributed by atoms with E-state index >= 15 is 0 Å². The zero-order valence-corrected chi connectivity index (χ0v) is 8.68. The molecule has 0 spiro atoms. The van der Waals surface area contributed by atoms with E-state index in [0.717, 1.165) is 19.0 Å². The lowest BCUT2D eigenvalue weighted by Gasteiger charge is -2.22. The minimum atomic E-state index is -0.149. The highest BCUT2D eigenvalue weighted by Gasteiger charge is 2.26. The third-order valence-corrected chi connectivity index (χ3v) is 2.45. The molecule has 1 saturated carbocycles. The number of carbonyl (C=O) groups is 1. The van der Waals surface area contributed by atoms with Crippen LogP contribution < -0.4 is 0 Å². The summed E-state index contributed by atoms with van der Waals surface area (Å²) >= 11 is 4.14. The van der Waals surface area contributed by atoms with Crippen molar-refractivity contribution in [3.63, 3.8) is 0 Å². The van der Waals surface area contributed by atoms with Crippen molar-refractivity contribution < 1.29 is 4.79 Å². The predicted octanol–water partition coefficient (Wildman–Crippen LogP) is 1.56. The van der Waals surface area contributed by atoms with Crippen LogP contribution in [0.3, 0.4) is 0 Å². The zero-order chi connectivity index (χ0) is 9.14. The lowest BCUT2D eigenvalue weighted by Crippen LogP contribution is -2.37. The fourth-order valence-electron chi connectivity index (χ4n) is 1.25. The fraction of sp³-hybridized carbons (Fsp3) is 0.889. The molecule has 1 rings (SSSR count). The van der Waals surface area contributed by atoms with Crippen molar-refractivity contribution in [1.82, 2.24) is 4.90 Å². The molecule has 1 amide bonds. The van der Waals surface area contributed by atoms with Crippen molar-refractivity contribution in [2.75, 3.05) is 13.1 Å². The number of hydrogen-bond donors (Lipinski definition) is 1. The molecule has 0 heterocycles. The summed E-state index contributed by atoms with van der Waals surface area (Å²) in [5.41, 5.74) is 0. The lowest BCUT2D eigenvalue weighted by atomic mass is 10.3. The van der Waals surface area contributed by atoms with E-state index in [-0.39, 0.29) is 11.2 Å². The average Bonchev–Trinajstić information content (AvgIpc) is 2.82. The first-order chi connectivity index (χ1) is 5.65. The molecule has 0 aromatic heterocycles. The van der Waals surface area contributed by atoms with Gasteiger partial charge in [0, 0.05) is 13.1 Å². The fourth-order valence-corrected chi connectivity index (χ4v) is 1.41. The monoisotopic (exact) mass is 187 g/mol. The molecule has 3 heteroatoms. The van der Waals surface area contributed by atoms with Crippen molar-refractivity contribution in [2.24, 2.45) is 5.92 Å². The van der Waals surface area contributed by atoms with Crippen LogP contribution in [0.1, 0.15) is 26.7 Å². The number of carbonyl (C=O) groups excluding carboxylic acids is 1. The Hall–Kier alpha value is -0.180. The van der Waals surface area contributed by atoms with Gasteiger partial charge in [0.05, 0.1) is 5.25 Å². The molecule has 0 saturated heterocycles. The van der Waals surface area contributed by atoms with Gasteiger partial charge in [-0.05, 0) is 32.6 Å². The summed E-state index contributed by atoms with van der Waals surface area (Å²) in [6.45, 7) is 5.62. The molecule has 70 valence electrons. The highest BCUT2D eigenvalue weighted by atomic mass is 32.1. The highest BCUT2D eigenvalue weighted by molar-refractivity contribution is 7.81. The van der Waals surface area contributed by atoms with Gasteiger partial charge in [0.15, 0.2) is 0 Å². The number of amides is 1. The molecule has 1 atom stereocenters. The average molecular weight is 187 g/mol. The second-order valence-electron chi connectivity index (χ2n) is 3.50. The van der Waals surface area contributed by atoms with E-state index < -0.39 is 0 Å². The van der Waals surface area contributed by atoms with E-state index in [1.165, 1.54) is 12.8 Å². The Balaban J connectivity index is 2.36. The Morgan fingerprint density at radius 2 is 2.25 bits per heavy atom. The van der Waals surface area contributed by atoms with Crippen LogP contribution in [-0.2, 0) is 4.79 Å². The molecular formula is C9H17NOS. The van der Waals surface area contributed by atoms with Crippen LogP contribution in [0.4, 0.5) is 0 Å². The van der Waals surface area contributed by atoms with Crippen molar-refractivity contribution >= 4 is 18.5 Å². The molecule has 1 aliphatic rings. The molecule has 12 heavy (non-hydrogen) atoms. The maximum absolute atomic E-state index is 11.5. The van der Waals surface area contributed by atoms with Gasteiger partial charge in [-0.1, -0.05) is 0 Å². The summed E-state index contributed by atoms with van der Waals surface area (Å²) in [5, 5.41) is -0.149. The molecule has 1 fully saturated rings. The van der Waals surface area contributed by atoms with E-state index in [1.807, 2.05) is 18.7 Å². The summed E-state index contributed by atoms with van der Waals surface area (Å²) in [4.78, 5) is 13.4. The molecule has 0 aliphatic heterocycles. The van der Waals surface area contributed by atoms with Crippen LogP contribution in [0.5, 0.6) is 0 Å². The molecule has 0 bridgehead atoms. The first-order valence-corrected chi connectivity index (χ1v) is 5.13. The molecule has 1 aliphatic carbocycles. The summed E-state index contributed by atoms with van der Waals surface area (Å²) in [6, 6.07) is 0. The first kappa shape index (κ1) is 9.90. The van der Waals surface area contributed by atoms with Gasteiger partial charge in [-0.2, -0.15) is 12.6 Å². The summed E-state index contributed by atoms with van der Waals surface area (Å²) in [5.74, 6) is 0.953. The smallest absolute Gasteiger partial charge is 0.235 e. The SMILES string of the molecule is CCN(CC1CC1)C(=O)C(C)S. The van der Waals surface area contributed by atoms with Gasteiger partial charge < -0.3 is 4.90 Å². The standard InChI is InChI=1S/C9H17NOS/c1-3-10(6-8-4-5-8)9(11)7(2)12/h7-8,12H,3-6H2,1-2H3. The topological polar surface area (TPSA) is 20.3 Å². The first-order valence-electron chi connectivity index (χ1n) is 4.62. The maximum atomic E-state index is 11.5. The largest absolute Gasteiger partial charge is 0.342 e. The van der Waals surface area contributed by atoms with Crippen LogP contribution in [0.15, 0.2) is 0 Å². The van der Waals surface area contributed by atoms with E-state index in [9.17, 15) is 4.79 Å². The molecule has 1 unspecified atom stereocenters. The molecule has 0 aromatic rings. The van der Waals surface area contributed by atoms with Gasteiger partial charge in [-0.25, -0.2) is 0 Å². The van der Waals surface area contributed by atoms with Crippen molar-refractivity contribution in [3.8, 4) is 0 Å². The van der Waals surface area contributed by atoms with Crippen LogP contribution in [0.2, 0.25) is 0 Å².